The van der Waals surface area contributed by atoms with E-state index in [1.807, 2.05) is 11.7 Å². The van der Waals surface area contributed by atoms with Gasteiger partial charge in [-0.25, -0.2) is 0 Å². The number of hydrogen-bond acceptors (Lipinski definition) is 3. The Balaban J connectivity index is 2.38. The molecule has 0 spiro atoms. The predicted octanol–water partition coefficient (Wildman–Crippen LogP) is 3.47. The Labute approximate surface area is 133 Å². The van der Waals surface area contributed by atoms with E-state index in [1.54, 1.807) is 6.20 Å². The van der Waals surface area contributed by atoms with Gasteiger partial charge in [-0.15, -0.1) is 0 Å². The number of nitrogens with one attached hydrogen (secondary N) is 1. The lowest BCUT2D eigenvalue weighted by molar-refractivity contribution is 0.0422. The molecule has 1 aromatic heterocycles. The van der Waals surface area contributed by atoms with Crippen molar-refractivity contribution in [2.24, 2.45) is 0 Å². The van der Waals surface area contributed by atoms with Gasteiger partial charge in [-0.1, -0.05) is 24.9 Å². The Morgan fingerprint density at radius 1 is 1.33 bits per heavy atom. The van der Waals surface area contributed by atoms with Gasteiger partial charge in [0.15, 0.2) is 0 Å². The molecule has 2 unspecified atom stereocenters. The van der Waals surface area contributed by atoms with Crippen molar-refractivity contribution < 1.29 is 0 Å². The molecule has 0 saturated carbocycles. The van der Waals surface area contributed by atoms with Crippen LogP contribution in [0.25, 0.3) is 0 Å². The summed E-state index contributed by atoms with van der Waals surface area (Å²) in [7, 11) is 2.03. The van der Waals surface area contributed by atoms with E-state index in [-0.39, 0.29) is 11.6 Å². The highest BCUT2D eigenvalue weighted by molar-refractivity contribution is 6.31. The third-order valence-corrected chi connectivity index (χ3v) is 5.40. The second-order valence-corrected chi connectivity index (χ2v) is 6.58. The van der Waals surface area contributed by atoms with Crippen molar-refractivity contribution in [3.8, 4) is 0 Å². The van der Waals surface area contributed by atoms with E-state index < -0.39 is 0 Å². The second kappa shape index (κ2) is 7.12. The third-order valence-electron chi connectivity index (χ3n) is 5.11. The van der Waals surface area contributed by atoms with Gasteiger partial charge in [-0.3, -0.25) is 9.58 Å². The zero-order chi connectivity index (χ0) is 15.5. The summed E-state index contributed by atoms with van der Waals surface area (Å²) in [5.74, 6) is 0. The third kappa shape index (κ3) is 3.13. The van der Waals surface area contributed by atoms with Crippen LogP contribution in [0.15, 0.2) is 6.20 Å². The number of rotatable bonds is 6. The first kappa shape index (κ1) is 16.8. The van der Waals surface area contributed by atoms with Gasteiger partial charge in [0.25, 0.3) is 0 Å². The predicted molar refractivity (Wildman–Crippen MR) is 88.8 cm³/mol. The molecule has 1 N–H and O–H groups in total. The van der Waals surface area contributed by atoms with Crippen LogP contribution in [0, 0.1) is 0 Å². The van der Waals surface area contributed by atoms with Gasteiger partial charge in [-0.2, -0.15) is 5.10 Å². The number of aryl methyl sites for hydroxylation is 1. The molecule has 2 rings (SSSR count). The first-order chi connectivity index (χ1) is 10.1. The molecule has 0 bridgehead atoms. The highest BCUT2D eigenvalue weighted by Crippen LogP contribution is 2.38. The van der Waals surface area contributed by atoms with Crippen molar-refractivity contribution in [2.75, 3.05) is 20.1 Å². The summed E-state index contributed by atoms with van der Waals surface area (Å²) in [6, 6.07) is 0.190. The van der Waals surface area contributed by atoms with Crippen molar-refractivity contribution in [1.82, 2.24) is 20.0 Å². The lowest BCUT2D eigenvalue weighted by Gasteiger charge is -2.48. The Hall–Kier alpha value is -0.580. The van der Waals surface area contributed by atoms with Crippen molar-refractivity contribution in [1.29, 1.82) is 0 Å². The van der Waals surface area contributed by atoms with Crippen LogP contribution in [0.3, 0.4) is 0 Å². The summed E-state index contributed by atoms with van der Waals surface area (Å²) < 4.78 is 2.03. The molecule has 21 heavy (non-hydrogen) atoms. The molecule has 4 nitrogen and oxygen atoms in total. The van der Waals surface area contributed by atoms with Gasteiger partial charge in [0, 0.05) is 12.1 Å². The van der Waals surface area contributed by atoms with Gasteiger partial charge in [-0.05, 0) is 53.2 Å². The minimum atomic E-state index is 0.0613. The zero-order valence-corrected chi connectivity index (χ0v) is 14.6. The molecular formula is C16H29ClN4. The minimum absolute atomic E-state index is 0.0613. The van der Waals surface area contributed by atoms with Crippen LogP contribution >= 0.6 is 11.6 Å². The number of likely N-dealkylation sites (N-methyl/N-ethyl adjacent to an activating group) is 1. The maximum Gasteiger partial charge on any atom is 0.0834 e. The van der Waals surface area contributed by atoms with Crippen molar-refractivity contribution in [3.63, 3.8) is 0 Å². The average molecular weight is 313 g/mol. The summed E-state index contributed by atoms with van der Waals surface area (Å²) in [6.45, 7) is 9.97. The number of nitrogens with zero attached hydrogens (tertiary/aromatic N) is 3. The molecule has 0 amide bonds. The Kier molecular flexibility index (Phi) is 5.69. The summed E-state index contributed by atoms with van der Waals surface area (Å²) in [6.07, 6.45) is 6.81. The molecule has 0 aromatic carbocycles. The maximum atomic E-state index is 6.46. The fraction of sp³-hybridized carbons (Fsp3) is 0.812. The Morgan fingerprint density at radius 2 is 2.00 bits per heavy atom. The molecule has 2 heterocycles. The van der Waals surface area contributed by atoms with E-state index >= 15 is 0 Å². The molecule has 0 aliphatic carbocycles. The lowest BCUT2D eigenvalue weighted by Crippen LogP contribution is -2.55. The number of hydrogen-bond donors (Lipinski definition) is 1. The number of halogens is 1. The lowest BCUT2D eigenvalue weighted by atomic mass is 9.83. The van der Waals surface area contributed by atoms with E-state index in [2.05, 4.69) is 36.1 Å². The zero-order valence-electron chi connectivity index (χ0n) is 13.8. The average Bonchev–Trinajstić information content (AvgIpc) is 2.89. The molecule has 1 aliphatic heterocycles. The van der Waals surface area contributed by atoms with Crippen molar-refractivity contribution in [3.05, 3.63) is 16.9 Å². The van der Waals surface area contributed by atoms with Crippen LogP contribution in [0.4, 0.5) is 0 Å². The number of aromatic nitrogens is 2. The van der Waals surface area contributed by atoms with Gasteiger partial charge < -0.3 is 5.32 Å². The Morgan fingerprint density at radius 3 is 2.52 bits per heavy atom. The maximum absolute atomic E-state index is 6.46. The van der Waals surface area contributed by atoms with Crippen molar-refractivity contribution >= 4 is 11.6 Å². The van der Waals surface area contributed by atoms with E-state index in [4.69, 9.17) is 11.6 Å². The SMILES string of the molecule is CCn1ncc(Cl)c1C(NC)C(C)(CC)N1CCCCC1. The van der Waals surface area contributed by atoms with Crippen LogP contribution in [-0.2, 0) is 6.54 Å². The highest BCUT2D eigenvalue weighted by atomic mass is 35.5. The van der Waals surface area contributed by atoms with Crippen LogP contribution in [0.5, 0.6) is 0 Å². The van der Waals surface area contributed by atoms with Crippen LogP contribution in [0.2, 0.25) is 5.02 Å². The van der Waals surface area contributed by atoms with Gasteiger partial charge in [0.1, 0.15) is 0 Å². The second-order valence-electron chi connectivity index (χ2n) is 6.17. The summed E-state index contributed by atoms with van der Waals surface area (Å²) in [4.78, 5) is 2.64. The fourth-order valence-electron chi connectivity index (χ4n) is 3.67. The summed E-state index contributed by atoms with van der Waals surface area (Å²) >= 11 is 6.46. The largest absolute Gasteiger partial charge is 0.310 e. The number of piperidine rings is 1. The molecule has 0 radical (unpaired) electrons. The molecule has 1 aliphatic rings. The van der Waals surface area contributed by atoms with Gasteiger partial charge >= 0.3 is 0 Å². The molecule has 5 heteroatoms. The minimum Gasteiger partial charge on any atom is -0.310 e. The van der Waals surface area contributed by atoms with Crippen LogP contribution < -0.4 is 5.32 Å². The van der Waals surface area contributed by atoms with Gasteiger partial charge in [0.2, 0.25) is 0 Å². The Bertz CT molecular complexity index is 453. The molecule has 1 fully saturated rings. The number of likely N-dealkylation sites (tertiary alicyclic amines) is 1. The van der Waals surface area contributed by atoms with Crippen molar-refractivity contribution in [2.45, 2.75) is 64.6 Å². The smallest absolute Gasteiger partial charge is 0.0834 e. The topological polar surface area (TPSA) is 33.1 Å². The van der Waals surface area contributed by atoms with Crippen LogP contribution in [0.1, 0.15) is 58.2 Å². The van der Waals surface area contributed by atoms with Gasteiger partial charge in [0.05, 0.1) is 23.0 Å². The molecular weight excluding hydrogens is 284 g/mol. The van der Waals surface area contributed by atoms with E-state index in [1.165, 1.54) is 32.4 Å². The van der Waals surface area contributed by atoms with Crippen LogP contribution in [-0.4, -0.2) is 40.4 Å². The molecule has 1 aromatic rings. The summed E-state index contributed by atoms with van der Waals surface area (Å²) in [5, 5.41) is 8.72. The first-order valence-electron chi connectivity index (χ1n) is 8.22. The molecule has 2 atom stereocenters. The molecule has 1 saturated heterocycles. The summed E-state index contributed by atoms with van der Waals surface area (Å²) in [5.41, 5.74) is 1.18. The van der Waals surface area contributed by atoms with E-state index in [0.717, 1.165) is 23.7 Å². The van der Waals surface area contributed by atoms with E-state index in [0.29, 0.717) is 0 Å². The quantitative estimate of drug-likeness (QED) is 0.873. The fourth-order valence-corrected chi connectivity index (χ4v) is 3.92. The standard InChI is InChI=1S/C16H29ClN4/c1-5-16(3,20-10-8-7-9-11-20)15(18-4)14-13(17)12-19-21(14)6-2/h12,15,18H,5-11H2,1-4H3. The normalized spacial score (nSPS) is 21.2. The monoisotopic (exact) mass is 312 g/mol. The first-order valence-corrected chi connectivity index (χ1v) is 8.59. The van der Waals surface area contributed by atoms with E-state index in [9.17, 15) is 0 Å². The highest BCUT2D eigenvalue weighted by Gasteiger charge is 2.41. The molecule has 120 valence electrons.